The summed E-state index contributed by atoms with van der Waals surface area (Å²) in [6.45, 7) is 3.95. The lowest BCUT2D eigenvalue weighted by Crippen LogP contribution is -2.31. The normalized spacial score (nSPS) is 15.1. The van der Waals surface area contributed by atoms with Gasteiger partial charge < -0.3 is 15.5 Å². The maximum Gasteiger partial charge on any atom is 0.120 e. The summed E-state index contributed by atoms with van der Waals surface area (Å²) in [5, 5.41) is 21.6. The molecule has 0 heterocycles. The van der Waals surface area contributed by atoms with Crippen molar-refractivity contribution in [2.75, 3.05) is 6.61 Å². The van der Waals surface area contributed by atoms with Gasteiger partial charge in [-0.15, -0.1) is 0 Å². The fraction of sp³-hybridized carbons (Fsp3) is 0.455. The van der Waals surface area contributed by atoms with Crippen LogP contribution in [-0.2, 0) is 0 Å². The Kier molecular flexibility index (Phi) is 3.92. The van der Waals surface area contributed by atoms with Gasteiger partial charge in [-0.25, -0.2) is 0 Å². The molecule has 0 unspecified atom stereocenters. The van der Waals surface area contributed by atoms with E-state index in [1.807, 2.05) is 26.0 Å². The Morgan fingerprint density at radius 2 is 1.93 bits per heavy atom. The minimum Gasteiger partial charge on any atom is -0.508 e. The van der Waals surface area contributed by atoms with Crippen LogP contribution in [0.2, 0.25) is 0 Å². The van der Waals surface area contributed by atoms with Crippen LogP contribution in [0.3, 0.4) is 0 Å². The third-order valence-corrected chi connectivity index (χ3v) is 2.21. The molecule has 1 aromatic carbocycles. The summed E-state index contributed by atoms with van der Waals surface area (Å²) in [5.41, 5.74) is 0.854. The van der Waals surface area contributed by atoms with Crippen LogP contribution in [0.15, 0.2) is 24.3 Å². The highest BCUT2D eigenvalue weighted by molar-refractivity contribution is 5.34. The predicted molar refractivity (Wildman–Crippen MR) is 56.2 cm³/mol. The van der Waals surface area contributed by atoms with Crippen LogP contribution in [0.25, 0.3) is 0 Å². The van der Waals surface area contributed by atoms with Gasteiger partial charge in [-0.1, -0.05) is 18.2 Å². The van der Waals surface area contributed by atoms with E-state index in [0.717, 1.165) is 5.56 Å². The maximum atomic E-state index is 9.56. The monoisotopic (exact) mass is 195 g/mol. The highest BCUT2D eigenvalue weighted by atomic mass is 16.3. The zero-order chi connectivity index (χ0) is 10.6. The largest absolute Gasteiger partial charge is 0.508 e. The molecule has 0 aliphatic rings. The molecule has 3 N–H and O–H groups in total. The van der Waals surface area contributed by atoms with Gasteiger partial charge in [0.25, 0.3) is 0 Å². The lowest BCUT2D eigenvalue weighted by Gasteiger charge is -2.19. The summed E-state index contributed by atoms with van der Waals surface area (Å²) in [4.78, 5) is 0. The Morgan fingerprint density at radius 3 is 2.50 bits per heavy atom. The predicted octanol–water partition coefficient (Wildman–Crippen LogP) is 1.42. The van der Waals surface area contributed by atoms with Crippen molar-refractivity contribution in [3.8, 4) is 5.75 Å². The molecule has 0 fully saturated rings. The molecule has 0 spiro atoms. The molecule has 3 nitrogen and oxygen atoms in total. The highest BCUT2D eigenvalue weighted by Gasteiger charge is 2.11. The number of phenolic OH excluding ortho intramolecular Hbond substituents is 1. The first-order valence-corrected chi connectivity index (χ1v) is 4.80. The topological polar surface area (TPSA) is 52.5 Å². The van der Waals surface area contributed by atoms with Crippen molar-refractivity contribution in [1.29, 1.82) is 0 Å². The minimum atomic E-state index is 0.0320. The fourth-order valence-electron chi connectivity index (χ4n) is 1.42. The summed E-state index contributed by atoms with van der Waals surface area (Å²) >= 11 is 0. The molecule has 0 aromatic heterocycles. The van der Waals surface area contributed by atoms with E-state index in [1.54, 1.807) is 12.1 Å². The second-order valence-corrected chi connectivity index (χ2v) is 3.53. The number of aliphatic hydroxyl groups is 1. The van der Waals surface area contributed by atoms with Crippen molar-refractivity contribution in [3.05, 3.63) is 29.8 Å². The molecule has 0 aliphatic carbocycles. The van der Waals surface area contributed by atoms with Crippen molar-refractivity contribution in [3.63, 3.8) is 0 Å². The standard InChI is InChI=1S/C11H17NO2/c1-8(7-13)12-9(2)10-5-3-4-6-11(10)14/h3-6,8-9,12-14H,7H2,1-2H3/t8-,9+/m0/s1. The zero-order valence-corrected chi connectivity index (χ0v) is 8.57. The van der Waals surface area contributed by atoms with Crippen molar-refractivity contribution < 1.29 is 10.2 Å². The number of hydrogen-bond acceptors (Lipinski definition) is 3. The number of aromatic hydroxyl groups is 1. The molecule has 2 atom stereocenters. The van der Waals surface area contributed by atoms with Crippen LogP contribution in [0.1, 0.15) is 25.5 Å². The molecule has 3 heteroatoms. The Hall–Kier alpha value is -1.06. The molecule has 0 radical (unpaired) electrons. The van der Waals surface area contributed by atoms with E-state index in [1.165, 1.54) is 0 Å². The van der Waals surface area contributed by atoms with Crippen LogP contribution in [-0.4, -0.2) is 22.9 Å². The summed E-state index contributed by atoms with van der Waals surface area (Å²) in [6, 6.07) is 7.29. The minimum absolute atomic E-state index is 0.0320. The average Bonchev–Trinajstić information content (AvgIpc) is 2.18. The van der Waals surface area contributed by atoms with Gasteiger partial charge in [-0.3, -0.25) is 0 Å². The molecule has 14 heavy (non-hydrogen) atoms. The number of para-hydroxylation sites is 1. The van der Waals surface area contributed by atoms with Gasteiger partial charge in [-0.2, -0.15) is 0 Å². The van der Waals surface area contributed by atoms with Gasteiger partial charge >= 0.3 is 0 Å². The van der Waals surface area contributed by atoms with E-state index in [9.17, 15) is 5.11 Å². The van der Waals surface area contributed by atoms with E-state index < -0.39 is 0 Å². The molecular weight excluding hydrogens is 178 g/mol. The molecule has 78 valence electrons. The first-order valence-electron chi connectivity index (χ1n) is 4.80. The molecule has 1 aromatic rings. The molecule has 0 amide bonds. The van der Waals surface area contributed by atoms with Crippen LogP contribution in [0, 0.1) is 0 Å². The Morgan fingerprint density at radius 1 is 1.29 bits per heavy atom. The molecule has 0 saturated heterocycles. The van der Waals surface area contributed by atoms with Gasteiger partial charge in [0.1, 0.15) is 5.75 Å². The van der Waals surface area contributed by atoms with Gasteiger partial charge in [0.05, 0.1) is 6.61 Å². The molecule has 1 rings (SSSR count). The van der Waals surface area contributed by atoms with Crippen molar-refractivity contribution in [1.82, 2.24) is 5.32 Å². The second kappa shape index (κ2) is 4.98. The molecular formula is C11H17NO2. The third-order valence-electron chi connectivity index (χ3n) is 2.21. The number of rotatable bonds is 4. The lowest BCUT2D eigenvalue weighted by atomic mass is 10.1. The number of nitrogens with one attached hydrogen (secondary N) is 1. The zero-order valence-electron chi connectivity index (χ0n) is 8.57. The second-order valence-electron chi connectivity index (χ2n) is 3.53. The summed E-state index contributed by atoms with van der Waals surface area (Å²) in [5.74, 6) is 0.289. The maximum absolute atomic E-state index is 9.56. The van der Waals surface area contributed by atoms with E-state index in [4.69, 9.17) is 5.11 Å². The quantitative estimate of drug-likeness (QED) is 0.681. The Balaban J connectivity index is 2.69. The fourth-order valence-corrected chi connectivity index (χ4v) is 1.42. The van der Waals surface area contributed by atoms with E-state index >= 15 is 0 Å². The van der Waals surface area contributed by atoms with Crippen LogP contribution in [0.5, 0.6) is 5.75 Å². The van der Waals surface area contributed by atoms with E-state index in [0.29, 0.717) is 0 Å². The van der Waals surface area contributed by atoms with Gasteiger partial charge in [0.15, 0.2) is 0 Å². The number of benzene rings is 1. The van der Waals surface area contributed by atoms with Crippen LogP contribution >= 0.6 is 0 Å². The summed E-state index contributed by atoms with van der Waals surface area (Å²) in [7, 11) is 0. The Labute approximate surface area is 84.4 Å². The summed E-state index contributed by atoms with van der Waals surface area (Å²) < 4.78 is 0. The first kappa shape index (κ1) is 11.0. The summed E-state index contributed by atoms with van der Waals surface area (Å²) in [6.07, 6.45) is 0. The molecule has 0 aliphatic heterocycles. The van der Waals surface area contributed by atoms with Crippen molar-refractivity contribution in [2.45, 2.75) is 25.9 Å². The molecule has 0 saturated carbocycles. The molecule has 0 bridgehead atoms. The SMILES string of the molecule is C[C@@H](CO)N[C@H](C)c1ccccc1O. The van der Waals surface area contributed by atoms with Gasteiger partial charge in [0, 0.05) is 17.6 Å². The van der Waals surface area contributed by atoms with Gasteiger partial charge in [-0.05, 0) is 19.9 Å². The first-order chi connectivity index (χ1) is 6.65. The smallest absolute Gasteiger partial charge is 0.120 e. The van der Waals surface area contributed by atoms with E-state index in [-0.39, 0.29) is 24.4 Å². The number of hydrogen-bond donors (Lipinski definition) is 3. The van der Waals surface area contributed by atoms with Crippen molar-refractivity contribution >= 4 is 0 Å². The van der Waals surface area contributed by atoms with E-state index in [2.05, 4.69) is 5.32 Å². The lowest BCUT2D eigenvalue weighted by molar-refractivity contribution is 0.242. The van der Waals surface area contributed by atoms with Crippen LogP contribution in [0.4, 0.5) is 0 Å². The Bertz CT molecular complexity index is 288. The van der Waals surface area contributed by atoms with Crippen molar-refractivity contribution in [2.24, 2.45) is 0 Å². The third kappa shape index (κ3) is 2.72. The average molecular weight is 195 g/mol. The number of phenols is 1. The highest BCUT2D eigenvalue weighted by Crippen LogP contribution is 2.23. The number of aliphatic hydroxyl groups excluding tert-OH is 1. The van der Waals surface area contributed by atoms with Gasteiger partial charge in [0.2, 0.25) is 0 Å². The van der Waals surface area contributed by atoms with Crippen LogP contribution < -0.4 is 5.32 Å².